The van der Waals surface area contributed by atoms with Gasteiger partial charge < -0.3 is 20.4 Å². The summed E-state index contributed by atoms with van der Waals surface area (Å²) in [5, 5.41) is 21.7. The number of hydrogen-bond acceptors (Lipinski definition) is 5. The van der Waals surface area contributed by atoms with Crippen molar-refractivity contribution in [3.8, 4) is 0 Å². The average molecular weight is 333 g/mol. The minimum Gasteiger partial charge on any atom is -0.600 e. The molecule has 0 radical (unpaired) electrons. The molecule has 0 unspecified atom stereocenters. The van der Waals surface area contributed by atoms with Crippen LogP contribution >= 0.6 is 11.6 Å². The van der Waals surface area contributed by atoms with Crippen LogP contribution in [-0.4, -0.2) is 21.5 Å². The molecule has 23 heavy (non-hydrogen) atoms. The van der Waals surface area contributed by atoms with Crippen LogP contribution in [0.1, 0.15) is 25.6 Å². The maximum Gasteiger partial charge on any atom is 0.199 e. The number of hydroxylamine groups is 1. The highest BCUT2D eigenvalue weighted by Crippen LogP contribution is 2.31. The van der Waals surface area contributed by atoms with Crippen molar-refractivity contribution in [2.45, 2.75) is 19.9 Å². The molecule has 3 heterocycles. The van der Waals surface area contributed by atoms with Crippen molar-refractivity contribution in [3.05, 3.63) is 57.7 Å². The Morgan fingerprint density at radius 2 is 2.17 bits per heavy atom. The second kappa shape index (κ2) is 5.92. The molecule has 0 bridgehead atoms. The highest BCUT2D eigenvalue weighted by Gasteiger charge is 2.20. The van der Waals surface area contributed by atoms with E-state index in [0.717, 1.165) is 22.8 Å². The topological polar surface area (TPSA) is 80.3 Å². The van der Waals surface area contributed by atoms with Crippen LogP contribution in [0.5, 0.6) is 0 Å². The predicted molar refractivity (Wildman–Crippen MR) is 89.4 cm³/mol. The van der Waals surface area contributed by atoms with Gasteiger partial charge in [0.1, 0.15) is 11.5 Å². The Morgan fingerprint density at radius 3 is 2.87 bits per heavy atom. The first-order valence-electron chi connectivity index (χ1n) is 7.18. The first-order chi connectivity index (χ1) is 11.0. The molecule has 0 atom stereocenters. The molecule has 0 spiro atoms. The van der Waals surface area contributed by atoms with Crippen LogP contribution < -0.4 is 10.6 Å². The fourth-order valence-electron chi connectivity index (χ4n) is 2.38. The number of imidazole rings is 1. The summed E-state index contributed by atoms with van der Waals surface area (Å²) in [6.07, 6.45) is 8.99. The molecule has 2 N–H and O–H groups in total. The van der Waals surface area contributed by atoms with E-state index in [2.05, 4.69) is 39.1 Å². The number of hydrogen-bond donors (Lipinski definition) is 2. The fraction of sp³-hybridized carbons (Fsp3) is 0.267. The van der Waals surface area contributed by atoms with Crippen LogP contribution in [0.25, 0.3) is 6.08 Å². The minimum absolute atomic E-state index is 0.283. The first kappa shape index (κ1) is 15.4. The Bertz CT molecular complexity index is 793. The van der Waals surface area contributed by atoms with Gasteiger partial charge in [-0.2, -0.15) is 0 Å². The van der Waals surface area contributed by atoms with Gasteiger partial charge in [0.05, 0.1) is 11.4 Å². The highest BCUT2D eigenvalue weighted by molar-refractivity contribution is 6.32. The zero-order valence-electron chi connectivity index (χ0n) is 13.0. The molecule has 8 heteroatoms. The van der Waals surface area contributed by atoms with Gasteiger partial charge in [-0.25, -0.2) is 4.98 Å². The molecule has 0 fully saturated rings. The van der Waals surface area contributed by atoms with Crippen LogP contribution in [0, 0.1) is 5.21 Å². The van der Waals surface area contributed by atoms with E-state index in [1.165, 1.54) is 7.05 Å². The summed E-state index contributed by atoms with van der Waals surface area (Å²) in [4.78, 5) is 4.87. The normalized spacial score (nSPS) is 20.7. The largest absolute Gasteiger partial charge is 0.600 e. The molecule has 7 nitrogen and oxygen atoms in total. The van der Waals surface area contributed by atoms with E-state index in [1.807, 2.05) is 18.5 Å². The van der Waals surface area contributed by atoms with Crippen molar-refractivity contribution in [1.29, 1.82) is 0 Å². The van der Waals surface area contributed by atoms with Gasteiger partial charge in [0, 0.05) is 28.6 Å². The Kier molecular flexibility index (Phi) is 3.96. The highest BCUT2D eigenvalue weighted by atomic mass is 35.5. The zero-order chi connectivity index (χ0) is 16.6. The number of allylic oxidation sites excluding steroid dienone is 4. The van der Waals surface area contributed by atoms with E-state index in [9.17, 15) is 5.21 Å². The third kappa shape index (κ3) is 3.00. The van der Waals surface area contributed by atoms with E-state index in [4.69, 9.17) is 11.6 Å². The summed E-state index contributed by atoms with van der Waals surface area (Å²) >= 11 is 6.29. The van der Waals surface area contributed by atoms with Gasteiger partial charge in [-0.1, -0.05) is 16.5 Å². The number of azo groups is 1. The molecule has 0 amide bonds. The molecule has 120 valence electrons. The van der Waals surface area contributed by atoms with Crippen molar-refractivity contribution < 1.29 is 4.86 Å². The summed E-state index contributed by atoms with van der Waals surface area (Å²) in [5.74, 6) is 1.34. The maximum atomic E-state index is 11.1. The smallest absolute Gasteiger partial charge is 0.199 e. The third-order valence-corrected chi connectivity index (χ3v) is 3.78. The van der Waals surface area contributed by atoms with E-state index >= 15 is 0 Å². The number of dihydropyridines is 1. The number of halogens is 1. The molecule has 0 aromatic carbocycles. The van der Waals surface area contributed by atoms with Crippen molar-refractivity contribution in [2.75, 3.05) is 12.4 Å². The molecular weight excluding hydrogens is 316 g/mol. The Labute approximate surface area is 138 Å². The Hall–Kier alpha value is -2.54. The van der Waals surface area contributed by atoms with Gasteiger partial charge in [-0.15, -0.1) is 0 Å². The van der Waals surface area contributed by atoms with Gasteiger partial charge >= 0.3 is 0 Å². The summed E-state index contributed by atoms with van der Waals surface area (Å²) in [5.41, 5.74) is 2.46. The van der Waals surface area contributed by atoms with Gasteiger partial charge in [-0.05, 0) is 32.1 Å². The molecule has 2 aliphatic heterocycles. The molecule has 0 saturated carbocycles. The molecule has 3 rings (SSSR count). The van der Waals surface area contributed by atoms with Crippen molar-refractivity contribution in [3.63, 3.8) is 0 Å². The van der Waals surface area contributed by atoms with Gasteiger partial charge in [0.2, 0.25) is 0 Å². The lowest BCUT2D eigenvalue weighted by Gasteiger charge is -2.20. The average Bonchev–Trinajstić information content (AvgIpc) is 2.92. The van der Waals surface area contributed by atoms with Crippen LogP contribution in [0.3, 0.4) is 0 Å². The molecule has 1 aromatic heterocycles. The summed E-state index contributed by atoms with van der Waals surface area (Å²) < 4.78 is 2.05. The van der Waals surface area contributed by atoms with Crippen LogP contribution in [0.15, 0.2) is 51.9 Å². The third-order valence-electron chi connectivity index (χ3n) is 3.46. The van der Waals surface area contributed by atoms with Crippen molar-refractivity contribution >= 4 is 23.5 Å². The van der Waals surface area contributed by atoms with Crippen LogP contribution in [0.2, 0.25) is 0 Å². The van der Waals surface area contributed by atoms with Gasteiger partial charge in [0.25, 0.3) is 0 Å². The standard InChI is InChI=1S/C15H17ClN6O/c1-9(2)22-8-18-13-5-4-12(19-15(13)22)10-6-14(20-21(3)23)17-7-11(10)16/h4-9,17,19H,1-3H3. The number of nitrogens with zero attached hydrogens (tertiary/aromatic N) is 4. The number of rotatable bonds is 2. The summed E-state index contributed by atoms with van der Waals surface area (Å²) in [6.45, 7) is 4.18. The number of fused-ring (bicyclic) bond motifs is 1. The number of aromatic nitrogens is 2. The fourth-order valence-corrected chi connectivity index (χ4v) is 2.60. The van der Waals surface area contributed by atoms with Crippen molar-refractivity contribution in [2.24, 2.45) is 5.11 Å². The van der Waals surface area contributed by atoms with Crippen molar-refractivity contribution in [1.82, 2.24) is 14.9 Å². The molecule has 1 aromatic rings. The maximum absolute atomic E-state index is 11.1. The van der Waals surface area contributed by atoms with Crippen LogP contribution in [0.4, 0.5) is 5.82 Å². The SMILES string of the molecule is CC(C)n1cnc2c1NC(=C1C=C(N=[N+](C)[O-])NC=C1Cl)C=C2. The molecule has 0 saturated heterocycles. The van der Waals surface area contributed by atoms with E-state index in [1.54, 1.807) is 12.3 Å². The van der Waals surface area contributed by atoms with E-state index in [-0.39, 0.29) is 6.04 Å². The second-order valence-corrected chi connectivity index (χ2v) is 5.90. The first-order valence-corrected chi connectivity index (χ1v) is 7.56. The zero-order valence-corrected chi connectivity index (χ0v) is 13.8. The monoisotopic (exact) mass is 332 g/mol. The van der Waals surface area contributed by atoms with Gasteiger partial charge in [0.15, 0.2) is 12.9 Å². The lowest BCUT2D eigenvalue weighted by molar-refractivity contribution is -0.496. The minimum atomic E-state index is 0.283. The van der Waals surface area contributed by atoms with Gasteiger partial charge in [-0.3, -0.25) is 0 Å². The summed E-state index contributed by atoms with van der Waals surface area (Å²) in [6, 6.07) is 0.283. The molecular formula is C15H17ClN6O. The van der Waals surface area contributed by atoms with E-state index in [0.29, 0.717) is 15.7 Å². The lowest BCUT2D eigenvalue weighted by atomic mass is 10.1. The quantitative estimate of drug-likeness (QED) is 0.495. The summed E-state index contributed by atoms with van der Waals surface area (Å²) in [7, 11) is 1.32. The van der Waals surface area contributed by atoms with Crippen LogP contribution in [-0.2, 0) is 0 Å². The Morgan fingerprint density at radius 1 is 1.39 bits per heavy atom. The second-order valence-electron chi connectivity index (χ2n) is 5.50. The Balaban J connectivity index is 2.03. The number of nitrogens with one attached hydrogen (secondary N) is 2. The molecule has 0 aliphatic carbocycles. The number of anilines is 1. The molecule has 2 aliphatic rings. The van der Waals surface area contributed by atoms with E-state index < -0.39 is 0 Å². The predicted octanol–water partition coefficient (Wildman–Crippen LogP) is 3.27. The lowest BCUT2D eigenvalue weighted by Crippen LogP contribution is -2.15.